The van der Waals surface area contributed by atoms with E-state index in [0.717, 1.165) is 0 Å². The minimum atomic E-state index is 0.0609. The number of hydrogen-bond donors (Lipinski definition) is 1. The number of benzene rings is 2. The van der Waals surface area contributed by atoms with Crippen molar-refractivity contribution in [2.24, 2.45) is 0 Å². The molecule has 1 heterocycles. The smallest absolute Gasteiger partial charge is 0.143 e. The van der Waals surface area contributed by atoms with Gasteiger partial charge in [-0.2, -0.15) is 0 Å². The number of aromatic nitrogens is 3. The van der Waals surface area contributed by atoms with Gasteiger partial charge in [0.2, 0.25) is 0 Å². The monoisotopic (exact) mass is 279 g/mol. The molecule has 1 N–H and O–H groups in total. The molecule has 0 aliphatic carbocycles. The third kappa shape index (κ3) is 1.89. The van der Waals surface area contributed by atoms with Gasteiger partial charge in [-0.15, -0.1) is 15.0 Å². The van der Waals surface area contributed by atoms with Gasteiger partial charge < -0.3 is 5.11 Å². The molecule has 90 valence electrons. The SMILES string of the molecule is Oc1ccc(Cl)cc1-n1nc2ccc(Cl)cc2n1. The number of hydrogen-bond acceptors (Lipinski definition) is 3. The minimum absolute atomic E-state index is 0.0609. The maximum atomic E-state index is 9.78. The van der Waals surface area contributed by atoms with Crippen LogP contribution >= 0.6 is 23.2 Å². The highest BCUT2D eigenvalue weighted by Gasteiger charge is 2.09. The lowest BCUT2D eigenvalue weighted by atomic mass is 10.3. The van der Waals surface area contributed by atoms with Crippen LogP contribution in [0.15, 0.2) is 36.4 Å². The molecular weight excluding hydrogens is 273 g/mol. The van der Waals surface area contributed by atoms with E-state index >= 15 is 0 Å². The molecule has 0 spiro atoms. The molecule has 0 unspecified atom stereocenters. The van der Waals surface area contributed by atoms with E-state index in [1.807, 2.05) is 0 Å². The van der Waals surface area contributed by atoms with Gasteiger partial charge in [0, 0.05) is 10.0 Å². The second kappa shape index (κ2) is 4.15. The Labute approximate surface area is 112 Å². The Morgan fingerprint density at radius 1 is 0.889 bits per heavy atom. The van der Waals surface area contributed by atoms with E-state index < -0.39 is 0 Å². The summed E-state index contributed by atoms with van der Waals surface area (Å²) in [6, 6.07) is 9.90. The van der Waals surface area contributed by atoms with Crippen LogP contribution in [0.1, 0.15) is 0 Å². The Morgan fingerprint density at radius 3 is 2.39 bits per heavy atom. The number of phenols is 1. The van der Waals surface area contributed by atoms with Gasteiger partial charge in [-0.05, 0) is 36.4 Å². The molecule has 0 saturated heterocycles. The third-order valence-corrected chi connectivity index (χ3v) is 2.97. The highest BCUT2D eigenvalue weighted by atomic mass is 35.5. The molecule has 0 aliphatic rings. The first-order valence-corrected chi connectivity index (χ1v) is 5.90. The van der Waals surface area contributed by atoms with Crippen LogP contribution in [0, 0.1) is 0 Å². The molecular formula is C12H7Cl2N3O. The molecule has 0 fully saturated rings. The standard InChI is InChI=1S/C12H7Cl2N3O/c13-7-1-3-9-10(5-7)16-17(15-9)11-6-8(14)2-4-12(11)18/h1-6,18H. The summed E-state index contributed by atoms with van der Waals surface area (Å²) in [5, 5.41) is 19.4. The summed E-state index contributed by atoms with van der Waals surface area (Å²) in [5.74, 6) is 0.0609. The van der Waals surface area contributed by atoms with Crippen molar-refractivity contribution in [3.05, 3.63) is 46.4 Å². The summed E-state index contributed by atoms with van der Waals surface area (Å²) in [6.07, 6.45) is 0. The fraction of sp³-hybridized carbons (Fsp3) is 0. The van der Waals surface area contributed by atoms with E-state index in [-0.39, 0.29) is 5.75 Å². The largest absolute Gasteiger partial charge is 0.506 e. The van der Waals surface area contributed by atoms with Gasteiger partial charge in [0.05, 0.1) is 0 Å². The van der Waals surface area contributed by atoms with E-state index in [4.69, 9.17) is 23.2 Å². The molecule has 0 saturated carbocycles. The van der Waals surface area contributed by atoms with Gasteiger partial charge in [-0.1, -0.05) is 23.2 Å². The zero-order chi connectivity index (χ0) is 12.7. The minimum Gasteiger partial charge on any atom is -0.506 e. The molecule has 3 rings (SSSR count). The van der Waals surface area contributed by atoms with E-state index in [2.05, 4.69) is 10.2 Å². The van der Waals surface area contributed by atoms with Gasteiger partial charge in [-0.3, -0.25) is 0 Å². The number of aromatic hydroxyl groups is 1. The maximum Gasteiger partial charge on any atom is 0.143 e. The Hall–Kier alpha value is -1.78. The lowest BCUT2D eigenvalue weighted by molar-refractivity contribution is 0.468. The fourth-order valence-electron chi connectivity index (χ4n) is 1.65. The molecule has 4 nitrogen and oxygen atoms in total. The Kier molecular flexibility index (Phi) is 2.61. The first-order valence-electron chi connectivity index (χ1n) is 5.15. The van der Waals surface area contributed by atoms with Crippen molar-refractivity contribution in [1.82, 2.24) is 15.0 Å². The van der Waals surface area contributed by atoms with Crippen LogP contribution in [-0.4, -0.2) is 20.1 Å². The molecule has 0 radical (unpaired) electrons. The second-order valence-corrected chi connectivity index (χ2v) is 4.63. The van der Waals surface area contributed by atoms with Gasteiger partial charge >= 0.3 is 0 Å². The molecule has 3 aromatic rings. The van der Waals surface area contributed by atoms with E-state index in [1.165, 1.54) is 10.9 Å². The van der Waals surface area contributed by atoms with Crippen LogP contribution in [0.5, 0.6) is 5.75 Å². The molecule has 0 aliphatic heterocycles. The van der Waals surface area contributed by atoms with Crippen molar-refractivity contribution in [2.75, 3.05) is 0 Å². The van der Waals surface area contributed by atoms with Crippen LogP contribution in [0.2, 0.25) is 10.0 Å². The predicted octanol–water partition coefficient (Wildman–Crippen LogP) is 3.43. The summed E-state index contributed by atoms with van der Waals surface area (Å²) in [5.41, 5.74) is 1.77. The summed E-state index contributed by atoms with van der Waals surface area (Å²) >= 11 is 11.8. The number of rotatable bonds is 1. The van der Waals surface area contributed by atoms with E-state index in [0.29, 0.717) is 26.8 Å². The third-order valence-electron chi connectivity index (χ3n) is 2.50. The number of phenolic OH excluding ortho intramolecular Hbond substituents is 1. The summed E-state index contributed by atoms with van der Waals surface area (Å²) in [7, 11) is 0. The van der Waals surface area contributed by atoms with Crippen LogP contribution in [-0.2, 0) is 0 Å². The molecule has 18 heavy (non-hydrogen) atoms. The zero-order valence-corrected chi connectivity index (χ0v) is 10.5. The van der Waals surface area contributed by atoms with Crippen molar-refractivity contribution in [3.8, 4) is 11.4 Å². The Bertz CT molecular complexity index is 739. The van der Waals surface area contributed by atoms with Gasteiger partial charge in [0.15, 0.2) is 0 Å². The van der Waals surface area contributed by atoms with Crippen LogP contribution in [0.4, 0.5) is 0 Å². The van der Waals surface area contributed by atoms with Crippen molar-refractivity contribution >= 4 is 34.2 Å². The highest BCUT2D eigenvalue weighted by molar-refractivity contribution is 6.31. The summed E-state index contributed by atoms with van der Waals surface area (Å²) in [6.45, 7) is 0. The van der Waals surface area contributed by atoms with Crippen molar-refractivity contribution < 1.29 is 5.11 Å². The molecule has 6 heteroatoms. The quantitative estimate of drug-likeness (QED) is 0.743. The fourth-order valence-corrected chi connectivity index (χ4v) is 1.98. The number of fused-ring (bicyclic) bond motifs is 1. The van der Waals surface area contributed by atoms with E-state index in [9.17, 15) is 5.11 Å². The number of halogens is 2. The van der Waals surface area contributed by atoms with E-state index in [1.54, 1.807) is 30.3 Å². The lowest BCUT2D eigenvalue weighted by Gasteiger charge is -2.02. The van der Waals surface area contributed by atoms with Crippen LogP contribution in [0.25, 0.3) is 16.7 Å². The first kappa shape index (κ1) is 11.3. The van der Waals surface area contributed by atoms with Crippen LogP contribution in [0.3, 0.4) is 0 Å². The summed E-state index contributed by atoms with van der Waals surface area (Å²) in [4.78, 5) is 1.34. The predicted molar refractivity (Wildman–Crippen MR) is 70.5 cm³/mol. The van der Waals surface area contributed by atoms with Crippen molar-refractivity contribution in [3.63, 3.8) is 0 Å². The second-order valence-electron chi connectivity index (χ2n) is 3.76. The van der Waals surface area contributed by atoms with Crippen molar-refractivity contribution in [2.45, 2.75) is 0 Å². The average Bonchev–Trinajstić information content (AvgIpc) is 2.74. The normalized spacial score (nSPS) is 11.0. The molecule has 0 amide bonds. The molecule has 0 bridgehead atoms. The van der Waals surface area contributed by atoms with Crippen LogP contribution < -0.4 is 0 Å². The van der Waals surface area contributed by atoms with Gasteiger partial charge in [-0.25, -0.2) is 0 Å². The highest BCUT2D eigenvalue weighted by Crippen LogP contribution is 2.25. The Balaban J connectivity index is 2.22. The average molecular weight is 280 g/mol. The zero-order valence-electron chi connectivity index (χ0n) is 9.01. The Morgan fingerprint density at radius 2 is 1.56 bits per heavy atom. The lowest BCUT2D eigenvalue weighted by Crippen LogP contribution is -1.98. The van der Waals surface area contributed by atoms with Gasteiger partial charge in [0.1, 0.15) is 22.5 Å². The molecule has 0 atom stereocenters. The van der Waals surface area contributed by atoms with Crippen molar-refractivity contribution in [1.29, 1.82) is 0 Å². The first-order chi connectivity index (χ1) is 8.63. The molecule has 1 aromatic heterocycles. The van der Waals surface area contributed by atoms with Gasteiger partial charge in [0.25, 0.3) is 0 Å². The summed E-state index contributed by atoms with van der Waals surface area (Å²) < 4.78 is 0. The molecule has 2 aromatic carbocycles. The number of nitrogens with zero attached hydrogens (tertiary/aromatic N) is 3. The topological polar surface area (TPSA) is 50.9 Å². The maximum absolute atomic E-state index is 9.78.